The predicted molar refractivity (Wildman–Crippen MR) is 158 cm³/mol. The second-order valence-electron chi connectivity index (χ2n) is 10.5. The predicted octanol–water partition coefficient (Wildman–Crippen LogP) is 5.30. The minimum Gasteiger partial charge on any atom is -0.463 e. The third-order valence-corrected chi connectivity index (χ3v) is 8.46. The van der Waals surface area contributed by atoms with Gasteiger partial charge in [-0.2, -0.15) is 0 Å². The summed E-state index contributed by atoms with van der Waals surface area (Å²) in [5.41, 5.74) is 5.31. The number of fused-ring (bicyclic) bond motifs is 1. The molecule has 0 unspecified atom stereocenters. The molecule has 0 spiro atoms. The van der Waals surface area contributed by atoms with Crippen LogP contribution in [-0.2, 0) is 9.53 Å². The van der Waals surface area contributed by atoms with Crippen LogP contribution in [-0.4, -0.2) is 30.2 Å². The average Bonchev–Trinajstić information content (AvgIpc) is 3.57. The molecular weight excluding hydrogens is 506 g/mol. The molecule has 204 valence electrons. The summed E-state index contributed by atoms with van der Waals surface area (Å²) in [7, 11) is 0. The number of rotatable bonds is 8. The standard InChI is InChI=1S/C32H37N3O3S/c1-5-9-26-28(31(37)38-6-2)29(24-14-12-23(13-15-24)21(3)4)35-30(36)27(39-32(35)33-26)20-22-10-16-25(17-11-22)34-18-7-8-19-34/h10-17,20-21,29H,5-9,18-19H2,1-4H3/b27-20+/t29-/m0/s1. The van der Waals surface area contributed by atoms with E-state index in [2.05, 4.69) is 62.1 Å². The zero-order chi connectivity index (χ0) is 27.5. The molecule has 0 saturated carbocycles. The Hall–Kier alpha value is -3.45. The van der Waals surface area contributed by atoms with Crippen molar-refractivity contribution in [2.24, 2.45) is 4.99 Å². The van der Waals surface area contributed by atoms with Crippen molar-refractivity contribution in [3.05, 3.63) is 96.2 Å². The van der Waals surface area contributed by atoms with Crippen LogP contribution in [0.1, 0.15) is 82.0 Å². The SMILES string of the molecule is CCCC1=C(C(=O)OCC)[C@H](c2ccc(C(C)C)cc2)n2c(s/c(=C/c3ccc(N4CCCC4)cc3)c2=O)=N1. The molecule has 1 atom stereocenters. The molecule has 2 aliphatic rings. The molecule has 1 fully saturated rings. The van der Waals surface area contributed by atoms with Crippen molar-refractivity contribution in [1.82, 2.24) is 4.57 Å². The van der Waals surface area contributed by atoms with E-state index in [0.717, 1.165) is 30.6 Å². The first-order chi connectivity index (χ1) is 18.9. The van der Waals surface area contributed by atoms with Gasteiger partial charge < -0.3 is 9.64 Å². The third kappa shape index (κ3) is 5.50. The van der Waals surface area contributed by atoms with Crippen molar-refractivity contribution in [2.45, 2.75) is 65.3 Å². The number of carbonyl (C=O) groups excluding carboxylic acids is 1. The molecule has 1 aromatic heterocycles. The highest BCUT2D eigenvalue weighted by Crippen LogP contribution is 2.33. The number of benzene rings is 2. The van der Waals surface area contributed by atoms with Crippen molar-refractivity contribution >= 4 is 29.1 Å². The molecule has 3 aromatic rings. The van der Waals surface area contributed by atoms with Gasteiger partial charge >= 0.3 is 5.97 Å². The zero-order valence-corrected chi connectivity index (χ0v) is 24.1. The minimum absolute atomic E-state index is 0.141. The summed E-state index contributed by atoms with van der Waals surface area (Å²) >= 11 is 1.38. The van der Waals surface area contributed by atoms with Gasteiger partial charge in [0.2, 0.25) is 0 Å². The Labute approximate surface area is 234 Å². The molecule has 0 radical (unpaired) electrons. The molecule has 1 saturated heterocycles. The second kappa shape index (κ2) is 11.7. The maximum absolute atomic E-state index is 13.9. The molecule has 7 heteroatoms. The summed E-state index contributed by atoms with van der Waals surface area (Å²) in [4.78, 5) is 35.2. The van der Waals surface area contributed by atoms with Crippen LogP contribution >= 0.6 is 11.3 Å². The van der Waals surface area contributed by atoms with Gasteiger partial charge in [0.25, 0.3) is 5.56 Å². The summed E-state index contributed by atoms with van der Waals surface area (Å²) in [6.07, 6.45) is 5.87. The van der Waals surface area contributed by atoms with Crippen LogP contribution in [0.5, 0.6) is 0 Å². The fourth-order valence-corrected chi connectivity index (χ4v) is 6.43. The molecule has 5 rings (SSSR count). The fourth-order valence-electron chi connectivity index (χ4n) is 5.41. The Bertz CT molecular complexity index is 1540. The molecule has 0 aliphatic carbocycles. The van der Waals surface area contributed by atoms with Crippen molar-refractivity contribution in [1.29, 1.82) is 0 Å². The van der Waals surface area contributed by atoms with E-state index in [-0.39, 0.29) is 12.2 Å². The molecule has 0 amide bonds. The van der Waals surface area contributed by atoms with Gasteiger partial charge in [-0.3, -0.25) is 9.36 Å². The van der Waals surface area contributed by atoms with Gasteiger partial charge in [0, 0.05) is 18.8 Å². The average molecular weight is 544 g/mol. The van der Waals surface area contributed by atoms with E-state index < -0.39 is 12.0 Å². The number of allylic oxidation sites excluding steroid dienone is 1. The topological polar surface area (TPSA) is 63.9 Å². The highest BCUT2D eigenvalue weighted by atomic mass is 32.1. The van der Waals surface area contributed by atoms with Gasteiger partial charge in [0.1, 0.15) is 0 Å². The van der Waals surface area contributed by atoms with Crippen LogP contribution in [0.4, 0.5) is 5.69 Å². The van der Waals surface area contributed by atoms with Crippen LogP contribution < -0.4 is 19.8 Å². The number of thiazole rings is 1. The maximum atomic E-state index is 13.9. The molecule has 2 aliphatic heterocycles. The minimum atomic E-state index is -0.581. The monoisotopic (exact) mass is 543 g/mol. The highest BCUT2D eigenvalue weighted by Gasteiger charge is 2.34. The van der Waals surface area contributed by atoms with Crippen molar-refractivity contribution in [2.75, 3.05) is 24.6 Å². The Morgan fingerprint density at radius 1 is 1.08 bits per heavy atom. The smallest absolute Gasteiger partial charge is 0.338 e. The number of hydrogen-bond donors (Lipinski definition) is 0. The van der Waals surface area contributed by atoms with E-state index in [1.165, 1.54) is 35.4 Å². The summed E-state index contributed by atoms with van der Waals surface area (Å²) in [6, 6.07) is 16.0. The number of ether oxygens (including phenoxy) is 1. The van der Waals surface area contributed by atoms with Gasteiger partial charge in [0.15, 0.2) is 4.80 Å². The van der Waals surface area contributed by atoms with Crippen LogP contribution in [0.3, 0.4) is 0 Å². The second-order valence-corrected chi connectivity index (χ2v) is 11.5. The number of anilines is 1. The van der Waals surface area contributed by atoms with E-state index in [9.17, 15) is 9.59 Å². The van der Waals surface area contributed by atoms with Gasteiger partial charge in [-0.05, 0) is 67.0 Å². The molecular formula is C32H37N3O3S. The Kier molecular flexibility index (Phi) is 8.17. The number of hydrogen-bond acceptors (Lipinski definition) is 6. The first kappa shape index (κ1) is 27.1. The lowest BCUT2D eigenvalue weighted by atomic mass is 9.92. The lowest BCUT2D eigenvalue weighted by Gasteiger charge is -2.26. The summed E-state index contributed by atoms with van der Waals surface area (Å²) in [5.74, 6) is -0.0250. The number of carbonyl (C=O) groups is 1. The summed E-state index contributed by atoms with van der Waals surface area (Å²) in [5, 5.41) is 0. The zero-order valence-electron chi connectivity index (χ0n) is 23.3. The molecule has 2 aromatic carbocycles. The van der Waals surface area contributed by atoms with Gasteiger partial charge in [-0.25, -0.2) is 9.79 Å². The highest BCUT2D eigenvalue weighted by molar-refractivity contribution is 7.07. The normalized spacial score (nSPS) is 17.5. The lowest BCUT2D eigenvalue weighted by molar-refractivity contribution is -0.139. The number of esters is 1. The largest absolute Gasteiger partial charge is 0.463 e. The van der Waals surface area contributed by atoms with Crippen LogP contribution in [0.25, 0.3) is 6.08 Å². The van der Waals surface area contributed by atoms with E-state index in [0.29, 0.717) is 32.9 Å². The fraction of sp³-hybridized carbons (Fsp3) is 0.406. The lowest BCUT2D eigenvalue weighted by Crippen LogP contribution is -2.40. The molecule has 0 N–H and O–H groups in total. The van der Waals surface area contributed by atoms with Gasteiger partial charge in [-0.1, -0.05) is 74.9 Å². The van der Waals surface area contributed by atoms with Crippen molar-refractivity contribution in [3.63, 3.8) is 0 Å². The maximum Gasteiger partial charge on any atom is 0.338 e. The molecule has 39 heavy (non-hydrogen) atoms. The van der Waals surface area contributed by atoms with Crippen molar-refractivity contribution < 1.29 is 9.53 Å². The van der Waals surface area contributed by atoms with E-state index in [4.69, 9.17) is 9.73 Å². The summed E-state index contributed by atoms with van der Waals surface area (Å²) < 4.78 is 7.79. The Balaban J connectivity index is 1.64. The number of nitrogens with zero attached hydrogens (tertiary/aromatic N) is 3. The van der Waals surface area contributed by atoms with Gasteiger partial charge in [0.05, 0.1) is 28.5 Å². The molecule has 0 bridgehead atoms. The van der Waals surface area contributed by atoms with Crippen LogP contribution in [0.15, 0.2) is 69.6 Å². The Morgan fingerprint density at radius 2 is 1.77 bits per heavy atom. The van der Waals surface area contributed by atoms with Crippen LogP contribution in [0, 0.1) is 0 Å². The van der Waals surface area contributed by atoms with Crippen molar-refractivity contribution in [3.8, 4) is 0 Å². The first-order valence-electron chi connectivity index (χ1n) is 14.1. The third-order valence-electron chi connectivity index (χ3n) is 7.47. The Morgan fingerprint density at radius 3 is 2.38 bits per heavy atom. The number of aromatic nitrogens is 1. The first-order valence-corrected chi connectivity index (χ1v) is 14.9. The van der Waals surface area contributed by atoms with E-state index in [1.807, 2.05) is 18.2 Å². The quantitative estimate of drug-likeness (QED) is 0.362. The van der Waals surface area contributed by atoms with E-state index >= 15 is 0 Å². The summed E-state index contributed by atoms with van der Waals surface area (Å²) in [6.45, 7) is 10.6. The van der Waals surface area contributed by atoms with Crippen LogP contribution in [0.2, 0.25) is 0 Å². The van der Waals surface area contributed by atoms with Gasteiger partial charge in [-0.15, -0.1) is 0 Å². The molecule has 3 heterocycles. The molecule has 6 nitrogen and oxygen atoms in total. The van der Waals surface area contributed by atoms with E-state index in [1.54, 1.807) is 11.5 Å².